The second-order valence-corrected chi connectivity index (χ2v) is 5.67. The molecule has 25 heavy (non-hydrogen) atoms. The quantitative estimate of drug-likeness (QED) is 0.763. The number of nitrogens with zero attached hydrogens (tertiary/aromatic N) is 3. The Balaban J connectivity index is 1.96. The molecule has 0 aliphatic heterocycles. The van der Waals surface area contributed by atoms with Crippen LogP contribution in [0.25, 0.3) is 0 Å². The predicted octanol–water partition coefficient (Wildman–Crippen LogP) is 0.625. The number of hydrogen-bond acceptors (Lipinski definition) is 6. The summed E-state index contributed by atoms with van der Waals surface area (Å²) < 4.78 is 0. The lowest BCUT2D eigenvalue weighted by atomic mass is 9.99. The van der Waals surface area contributed by atoms with Gasteiger partial charge in [-0.3, -0.25) is 24.4 Å². The molecule has 0 spiro atoms. The number of amides is 2. The van der Waals surface area contributed by atoms with Gasteiger partial charge in [-0.1, -0.05) is 13.8 Å². The van der Waals surface area contributed by atoms with E-state index in [0.29, 0.717) is 5.56 Å². The van der Waals surface area contributed by atoms with E-state index in [4.69, 9.17) is 0 Å². The van der Waals surface area contributed by atoms with Crippen molar-refractivity contribution in [2.24, 2.45) is 5.92 Å². The van der Waals surface area contributed by atoms with Crippen LogP contribution in [-0.4, -0.2) is 45.1 Å². The summed E-state index contributed by atoms with van der Waals surface area (Å²) in [4.78, 5) is 48.1. The van der Waals surface area contributed by atoms with Gasteiger partial charge in [-0.2, -0.15) is 0 Å². The largest absolute Gasteiger partial charge is 0.345 e. The molecule has 0 radical (unpaired) electrons. The first-order valence-corrected chi connectivity index (χ1v) is 7.77. The van der Waals surface area contributed by atoms with Crippen LogP contribution in [-0.2, 0) is 4.79 Å². The van der Waals surface area contributed by atoms with E-state index in [-0.39, 0.29) is 29.8 Å². The number of ketones is 1. The van der Waals surface area contributed by atoms with Gasteiger partial charge >= 0.3 is 0 Å². The minimum absolute atomic E-state index is 0.127. The maximum atomic E-state index is 12.4. The van der Waals surface area contributed by atoms with Gasteiger partial charge < -0.3 is 10.6 Å². The van der Waals surface area contributed by atoms with E-state index in [1.165, 1.54) is 31.0 Å². The average Bonchev–Trinajstić information content (AvgIpc) is 2.64. The van der Waals surface area contributed by atoms with Crippen molar-refractivity contribution in [3.05, 3.63) is 54.4 Å². The highest BCUT2D eigenvalue weighted by Gasteiger charge is 2.25. The zero-order valence-corrected chi connectivity index (χ0v) is 14.0. The highest BCUT2D eigenvalue weighted by Crippen LogP contribution is 2.05. The Bertz CT molecular complexity index is 734. The van der Waals surface area contributed by atoms with Gasteiger partial charge in [-0.05, 0) is 18.1 Å². The van der Waals surface area contributed by atoms with Gasteiger partial charge in [0.25, 0.3) is 11.8 Å². The molecule has 2 aromatic heterocycles. The lowest BCUT2D eigenvalue weighted by molar-refractivity contribution is -0.120. The van der Waals surface area contributed by atoms with Gasteiger partial charge in [-0.25, -0.2) is 4.98 Å². The molecule has 2 heterocycles. The highest BCUT2D eigenvalue weighted by molar-refractivity contribution is 6.00. The minimum atomic E-state index is -0.743. The highest BCUT2D eigenvalue weighted by atomic mass is 16.2. The Morgan fingerprint density at radius 3 is 2.32 bits per heavy atom. The normalized spacial score (nSPS) is 11.6. The summed E-state index contributed by atoms with van der Waals surface area (Å²) in [6, 6.07) is 2.36. The van der Waals surface area contributed by atoms with Crippen LogP contribution in [0.4, 0.5) is 0 Å². The van der Waals surface area contributed by atoms with Crippen molar-refractivity contribution in [2.75, 3.05) is 6.54 Å². The molecule has 2 aromatic rings. The lowest BCUT2D eigenvalue weighted by Crippen LogP contribution is -2.48. The lowest BCUT2D eigenvalue weighted by Gasteiger charge is -2.21. The van der Waals surface area contributed by atoms with Crippen LogP contribution in [0.1, 0.15) is 34.7 Å². The predicted molar refractivity (Wildman–Crippen MR) is 89.7 cm³/mol. The second-order valence-electron chi connectivity index (χ2n) is 5.67. The zero-order valence-electron chi connectivity index (χ0n) is 14.0. The van der Waals surface area contributed by atoms with E-state index in [0.717, 1.165) is 0 Å². The number of hydrogen-bond donors (Lipinski definition) is 2. The molecule has 0 fully saturated rings. The molecule has 1 atom stereocenters. The second kappa shape index (κ2) is 8.62. The maximum Gasteiger partial charge on any atom is 0.272 e. The van der Waals surface area contributed by atoms with Crippen molar-refractivity contribution in [3.8, 4) is 0 Å². The topological polar surface area (TPSA) is 114 Å². The van der Waals surface area contributed by atoms with Gasteiger partial charge in [0, 0.05) is 30.4 Å². The maximum absolute atomic E-state index is 12.4. The fourth-order valence-corrected chi connectivity index (χ4v) is 2.13. The number of carbonyl (C=O) groups excluding carboxylic acids is 3. The molecule has 0 bridgehead atoms. The fraction of sp³-hybridized carbons (Fsp3) is 0.294. The van der Waals surface area contributed by atoms with Crippen LogP contribution in [0.2, 0.25) is 0 Å². The van der Waals surface area contributed by atoms with E-state index in [2.05, 4.69) is 25.6 Å². The first kappa shape index (κ1) is 18.2. The van der Waals surface area contributed by atoms with Crippen LogP contribution in [0, 0.1) is 5.92 Å². The number of rotatable bonds is 7. The van der Waals surface area contributed by atoms with E-state index in [1.807, 2.05) is 13.8 Å². The van der Waals surface area contributed by atoms with E-state index < -0.39 is 11.9 Å². The number of aromatic nitrogens is 3. The molecule has 2 amide bonds. The van der Waals surface area contributed by atoms with Crippen LogP contribution in [0.15, 0.2) is 43.1 Å². The van der Waals surface area contributed by atoms with Crippen molar-refractivity contribution in [3.63, 3.8) is 0 Å². The summed E-state index contributed by atoms with van der Waals surface area (Å²) in [7, 11) is 0. The number of pyridine rings is 1. The van der Waals surface area contributed by atoms with Crippen molar-refractivity contribution >= 4 is 17.6 Å². The monoisotopic (exact) mass is 341 g/mol. The Hall–Kier alpha value is -3.16. The van der Waals surface area contributed by atoms with E-state index in [9.17, 15) is 14.4 Å². The smallest absolute Gasteiger partial charge is 0.272 e. The van der Waals surface area contributed by atoms with Gasteiger partial charge in [0.15, 0.2) is 5.78 Å². The summed E-state index contributed by atoms with van der Waals surface area (Å²) in [5, 5.41) is 5.20. The van der Waals surface area contributed by atoms with E-state index >= 15 is 0 Å². The van der Waals surface area contributed by atoms with Crippen LogP contribution < -0.4 is 10.6 Å². The molecule has 8 nitrogen and oxygen atoms in total. The number of nitrogens with one attached hydrogen (secondary N) is 2. The van der Waals surface area contributed by atoms with Crippen LogP contribution in [0.5, 0.6) is 0 Å². The van der Waals surface area contributed by atoms with E-state index in [1.54, 1.807) is 12.1 Å². The molecule has 0 saturated carbocycles. The average molecular weight is 341 g/mol. The Morgan fingerprint density at radius 1 is 1.00 bits per heavy atom. The summed E-state index contributed by atoms with van der Waals surface area (Å²) in [6.45, 7) is 3.43. The van der Waals surface area contributed by atoms with Crippen molar-refractivity contribution in [2.45, 2.75) is 19.9 Å². The molecular weight excluding hydrogens is 322 g/mol. The molecule has 2 N–H and O–H groups in total. The Morgan fingerprint density at radius 2 is 1.72 bits per heavy atom. The summed E-state index contributed by atoms with van der Waals surface area (Å²) in [6.07, 6.45) is 7.17. The summed E-state index contributed by atoms with van der Waals surface area (Å²) in [5.74, 6) is -1.31. The molecule has 130 valence electrons. The molecule has 0 saturated heterocycles. The first-order chi connectivity index (χ1) is 12.0. The molecule has 8 heteroatoms. The fourth-order valence-electron chi connectivity index (χ4n) is 2.13. The molecule has 2 rings (SSSR count). The zero-order chi connectivity index (χ0) is 18.2. The molecule has 0 aromatic carbocycles. The van der Waals surface area contributed by atoms with Crippen LogP contribution >= 0.6 is 0 Å². The third-order valence-corrected chi connectivity index (χ3v) is 3.46. The van der Waals surface area contributed by atoms with Crippen molar-refractivity contribution in [1.82, 2.24) is 25.6 Å². The molecule has 0 aliphatic carbocycles. The summed E-state index contributed by atoms with van der Waals surface area (Å²) in [5.41, 5.74) is 0.536. The third kappa shape index (κ3) is 5.17. The van der Waals surface area contributed by atoms with Crippen molar-refractivity contribution in [1.29, 1.82) is 0 Å². The Labute approximate surface area is 145 Å². The molecule has 0 aliphatic rings. The Kier molecular flexibility index (Phi) is 6.27. The van der Waals surface area contributed by atoms with Crippen LogP contribution in [0.3, 0.4) is 0 Å². The third-order valence-electron chi connectivity index (χ3n) is 3.46. The van der Waals surface area contributed by atoms with Gasteiger partial charge in [0.2, 0.25) is 0 Å². The molecular formula is C17H19N5O3. The number of carbonyl (C=O) groups is 3. The van der Waals surface area contributed by atoms with Gasteiger partial charge in [0.05, 0.1) is 18.8 Å². The SMILES string of the molecule is CC(C)[C@H](NC(=O)c1cnccn1)C(=O)CNC(=O)c1ccncc1. The van der Waals surface area contributed by atoms with Crippen molar-refractivity contribution < 1.29 is 14.4 Å². The number of Topliss-reactive ketones (excluding diaryl/α,β-unsaturated/α-hetero) is 1. The summed E-state index contributed by atoms with van der Waals surface area (Å²) >= 11 is 0. The van der Waals surface area contributed by atoms with Gasteiger partial charge in [-0.15, -0.1) is 0 Å². The first-order valence-electron chi connectivity index (χ1n) is 7.77. The van der Waals surface area contributed by atoms with Gasteiger partial charge in [0.1, 0.15) is 5.69 Å². The standard InChI is InChI=1S/C17H19N5O3/c1-11(2)15(22-17(25)13-9-19-7-8-20-13)14(23)10-21-16(24)12-3-5-18-6-4-12/h3-9,11,15H,10H2,1-2H3,(H,21,24)(H,22,25)/t15-/m0/s1. The molecule has 0 unspecified atom stereocenters. The minimum Gasteiger partial charge on any atom is -0.345 e.